The third-order valence-corrected chi connectivity index (χ3v) is 3.39. The summed E-state index contributed by atoms with van der Waals surface area (Å²) in [6.45, 7) is 3.18. The number of carbonyl (C=O) groups is 1. The Morgan fingerprint density at radius 1 is 1.10 bits per heavy atom. The Morgan fingerprint density at radius 3 is 1.81 bits per heavy atom. The van der Waals surface area contributed by atoms with Crippen molar-refractivity contribution in [1.29, 1.82) is 0 Å². The third-order valence-electron chi connectivity index (χ3n) is 3.39. The van der Waals surface area contributed by atoms with Gasteiger partial charge >= 0.3 is 18.3 Å². The molecule has 0 saturated carbocycles. The summed E-state index contributed by atoms with van der Waals surface area (Å²) in [4.78, 5) is 11.6. The van der Waals surface area contributed by atoms with Crippen molar-refractivity contribution in [3.8, 4) is 0 Å². The van der Waals surface area contributed by atoms with E-state index in [1.165, 1.54) is 0 Å². The topological polar surface area (TPSA) is 46.5 Å². The molecule has 0 radical (unpaired) electrons. The van der Waals surface area contributed by atoms with Gasteiger partial charge in [0.15, 0.2) is 11.0 Å². The highest BCUT2D eigenvalue weighted by Crippen LogP contribution is 2.42. The Bertz CT molecular complexity index is 374. The average molecular weight is 324 g/mol. The maximum Gasteiger partial charge on any atom is 0.417 e. The minimum absolute atomic E-state index is 0.458. The lowest BCUT2D eigenvalue weighted by Crippen LogP contribution is -2.47. The first-order valence-corrected chi connectivity index (χ1v) is 6.15. The van der Waals surface area contributed by atoms with E-state index in [2.05, 4.69) is 4.74 Å². The molecule has 0 bridgehead atoms. The first-order chi connectivity index (χ1) is 9.08. The predicted octanol–water partition coefficient (Wildman–Crippen LogP) is 3.60. The molecule has 0 fully saturated rings. The van der Waals surface area contributed by atoms with Gasteiger partial charge in [-0.1, -0.05) is 6.92 Å². The number of ether oxygens (including phenoxy) is 1. The van der Waals surface area contributed by atoms with Gasteiger partial charge in [0.25, 0.3) is 0 Å². The number of esters is 1. The van der Waals surface area contributed by atoms with Gasteiger partial charge in [0.2, 0.25) is 0 Å². The van der Waals surface area contributed by atoms with Crippen molar-refractivity contribution in [3.63, 3.8) is 0 Å². The Balaban J connectivity index is 4.96. The smallest absolute Gasteiger partial charge is 0.417 e. The second-order valence-corrected chi connectivity index (χ2v) is 5.38. The van der Waals surface area contributed by atoms with Gasteiger partial charge in [-0.15, -0.1) is 0 Å². The van der Waals surface area contributed by atoms with Crippen molar-refractivity contribution in [2.45, 2.75) is 64.6 Å². The minimum atomic E-state index is -4.98. The van der Waals surface area contributed by atoms with Crippen LogP contribution in [0, 0.1) is 5.41 Å². The lowest BCUT2D eigenvalue weighted by Gasteiger charge is -2.32. The molecule has 0 amide bonds. The summed E-state index contributed by atoms with van der Waals surface area (Å²) in [7, 11) is 0. The molecule has 9 heteroatoms. The van der Waals surface area contributed by atoms with Crippen LogP contribution in [0.3, 0.4) is 0 Å². The fraction of sp³-hybridized carbons (Fsp3) is 0.917. The largest absolute Gasteiger partial charge is 0.462 e. The van der Waals surface area contributed by atoms with E-state index in [1.807, 2.05) is 0 Å². The summed E-state index contributed by atoms with van der Waals surface area (Å²) in [5.74, 6) is -1.66. The molecule has 0 heterocycles. The van der Waals surface area contributed by atoms with Gasteiger partial charge in [0.05, 0.1) is 0 Å². The fourth-order valence-electron chi connectivity index (χ4n) is 1.49. The summed E-state index contributed by atoms with van der Waals surface area (Å²) in [6.07, 6.45) is -13.1. The Kier molecular flexibility index (Phi) is 5.73. The predicted molar refractivity (Wildman–Crippen MR) is 61.3 cm³/mol. The van der Waals surface area contributed by atoms with E-state index in [0.29, 0.717) is 13.8 Å². The summed E-state index contributed by atoms with van der Waals surface area (Å²) in [5, 5.41) is 9.22. The molecule has 3 atom stereocenters. The molecule has 126 valence electrons. The zero-order valence-electron chi connectivity index (χ0n) is 12.0. The van der Waals surface area contributed by atoms with Crippen LogP contribution in [0.4, 0.5) is 26.3 Å². The van der Waals surface area contributed by atoms with Crippen LogP contribution in [0.25, 0.3) is 0 Å². The number of alkyl halides is 6. The molecule has 0 aliphatic heterocycles. The van der Waals surface area contributed by atoms with Crippen LogP contribution in [0.15, 0.2) is 0 Å². The zero-order chi connectivity index (χ0) is 17.3. The fourth-order valence-corrected chi connectivity index (χ4v) is 1.49. The molecule has 0 rings (SSSR count). The van der Waals surface area contributed by atoms with Crippen molar-refractivity contribution >= 4 is 5.97 Å². The van der Waals surface area contributed by atoms with E-state index >= 15 is 0 Å². The van der Waals surface area contributed by atoms with Crippen LogP contribution >= 0.6 is 0 Å². The Hall–Kier alpha value is -0.990. The highest BCUT2D eigenvalue weighted by molar-refractivity contribution is 5.77. The van der Waals surface area contributed by atoms with Crippen LogP contribution < -0.4 is 0 Å². The zero-order valence-corrected chi connectivity index (χ0v) is 12.0. The first-order valence-electron chi connectivity index (χ1n) is 6.15. The van der Waals surface area contributed by atoms with Gasteiger partial charge in [-0.2, -0.15) is 26.3 Å². The molecule has 0 aliphatic rings. The number of hydrogen-bond donors (Lipinski definition) is 1. The molecular weight excluding hydrogens is 306 g/mol. The van der Waals surface area contributed by atoms with Crippen molar-refractivity contribution in [3.05, 3.63) is 0 Å². The van der Waals surface area contributed by atoms with Crippen LogP contribution in [-0.4, -0.2) is 35.1 Å². The van der Waals surface area contributed by atoms with E-state index < -0.39 is 48.3 Å². The van der Waals surface area contributed by atoms with Gasteiger partial charge < -0.3 is 9.84 Å². The standard InChI is InChI=1S/C12H18F6O3/c1-5-9(3,11(13,14)15)8(19)21-7(2)6-10(4,20)12(16,17)18/h7,20H,5-6H2,1-4H3. The summed E-state index contributed by atoms with van der Waals surface area (Å²) >= 11 is 0. The SMILES string of the molecule is CCC(C)(C(=O)OC(C)CC(C)(O)C(F)(F)F)C(F)(F)F. The number of halogens is 6. The highest BCUT2D eigenvalue weighted by atomic mass is 19.4. The summed E-state index contributed by atoms with van der Waals surface area (Å²) in [6, 6.07) is 0. The van der Waals surface area contributed by atoms with E-state index in [1.54, 1.807) is 0 Å². The van der Waals surface area contributed by atoms with Crippen LogP contribution in [0.5, 0.6) is 0 Å². The molecule has 1 N–H and O–H groups in total. The van der Waals surface area contributed by atoms with Crippen LogP contribution in [0.2, 0.25) is 0 Å². The monoisotopic (exact) mass is 324 g/mol. The van der Waals surface area contributed by atoms with Gasteiger partial charge in [-0.25, -0.2) is 0 Å². The summed E-state index contributed by atoms with van der Waals surface area (Å²) < 4.78 is 80.2. The molecule has 3 nitrogen and oxygen atoms in total. The normalized spacial score (nSPS) is 20.3. The van der Waals surface area contributed by atoms with Gasteiger partial charge in [-0.3, -0.25) is 4.79 Å². The lowest BCUT2D eigenvalue weighted by molar-refractivity contribution is -0.264. The quantitative estimate of drug-likeness (QED) is 0.621. The van der Waals surface area contributed by atoms with Crippen molar-refractivity contribution < 1.29 is 41.0 Å². The second kappa shape index (κ2) is 6.02. The van der Waals surface area contributed by atoms with E-state index in [-0.39, 0.29) is 0 Å². The molecule has 0 saturated heterocycles. The van der Waals surface area contributed by atoms with Gasteiger partial charge in [0, 0.05) is 6.42 Å². The maximum atomic E-state index is 12.8. The number of carbonyl (C=O) groups excluding carboxylic acids is 1. The van der Waals surface area contributed by atoms with Crippen LogP contribution in [-0.2, 0) is 9.53 Å². The van der Waals surface area contributed by atoms with E-state index in [0.717, 1.165) is 13.8 Å². The Labute approximate surface area is 118 Å². The van der Waals surface area contributed by atoms with Crippen molar-refractivity contribution in [1.82, 2.24) is 0 Å². The highest BCUT2D eigenvalue weighted by Gasteiger charge is 2.57. The molecule has 0 aromatic heterocycles. The van der Waals surface area contributed by atoms with Crippen molar-refractivity contribution in [2.75, 3.05) is 0 Å². The summed E-state index contributed by atoms with van der Waals surface area (Å²) in [5.41, 5.74) is -5.96. The molecular formula is C12H18F6O3. The van der Waals surface area contributed by atoms with Gasteiger partial charge in [0.1, 0.15) is 6.10 Å². The Morgan fingerprint density at radius 2 is 1.52 bits per heavy atom. The lowest BCUT2D eigenvalue weighted by atomic mass is 9.86. The van der Waals surface area contributed by atoms with Gasteiger partial charge in [-0.05, 0) is 27.2 Å². The van der Waals surface area contributed by atoms with E-state index in [4.69, 9.17) is 0 Å². The number of aliphatic hydroxyl groups is 1. The van der Waals surface area contributed by atoms with Crippen LogP contribution in [0.1, 0.15) is 40.5 Å². The molecule has 0 aromatic rings. The molecule has 0 aliphatic carbocycles. The molecule has 3 unspecified atom stereocenters. The number of rotatable bonds is 5. The minimum Gasteiger partial charge on any atom is -0.462 e. The second-order valence-electron chi connectivity index (χ2n) is 5.38. The molecule has 0 aromatic carbocycles. The number of hydrogen-bond acceptors (Lipinski definition) is 3. The van der Waals surface area contributed by atoms with Crippen molar-refractivity contribution in [2.24, 2.45) is 5.41 Å². The van der Waals surface area contributed by atoms with E-state index in [9.17, 15) is 36.2 Å². The first kappa shape index (κ1) is 20.0. The molecule has 21 heavy (non-hydrogen) atoms. The third kappa shape index (κ3) is 4.49. The average Bonchev–Trinajstić information content (AvgIpc) is 2.23. The maximum absolute atomic E-state index is 12.8. The molecule has 0 spiro atoms.